The molecule has 1 saturated heterocycles. The number of carbonyl (C=O) groups excluding carboxylic acids is 2. The minimum absolute atomic E-state index is 0.0628. The van der Waals surface area contributed by atoms with Gasteiger partial charge in [-0.1, -0.05) is 42.5 Å². The van der Waals surface area contributed by atoms with Crippen LogP contribution in [-0.4, -0.2) is 56.9 Å². The average Bonchev–Trinajstić information content (AvgIpc) is 2.96. The molecule has 9 nitrogen and oxygen atoms in total. The van der Waals surface area contributed by atoms with Crippen molar-refractivity contribution in [3.8, 4) is 5.75 Å². The van der Waals surface area contributed by atoms with E-state index in [1.54, 1.807) is 30.6 Å². The molecule has 0 unspecified atom stereocenters. The second-order valence-electron chi connectivity index (χ2n) is 9.77. The van der Waals surface area contributed by atoms with Gasteiger partial charge in [0.05, 0.1) is 0 Å². The van der Waals surface area contributed by atoms with Crippen LogP contribution in [0.5, 0.6) is 5.75 Å². The first-order valence-electron chi connectivity index (χ1n) is 13.3. The van der Waals surface area contributed by atoms with E-state index in [1.807, 2.05) is 47.4 Å². The van der Waals surface area contributed by atoms with Crippen molar-refractivity contribution >= 4 is 17.8 Å². The highest BCUT2D eigenvalue weighted by Crippen LogP contribution is 2.22. The van der Waals surface area contributed by atoms with Crippen LogP contribution in [0, 0.1) is 5.92 Å². The first-order valence-corrected chi connectivity index (χ1v) is 13.3. The topological polar surface area (TPSA) is 122 Å². The summed E-state index contributed by atoms with van der Waals surface area (Å²) < 4.78 is 5.79. The normalized spacial score (nSPS) is 14.4. The predicted octanol–water partition coefficient (Wildman–Crippen LogP) is 3.43. The fourth-order valence-corrected chi connectivity index (χ4v) is 4.64. The van der Waals surface area contributed by atoms with Crippen molar-refractivity contribution in [2.75, 3.05) is 13.1 Å². The van der Waals surface area contributed by atoms with E-state index in [-0.39, 0.29) is 30.6 Å². The molecule has 2 N–H and O–H groups in total. The van der Waals surface area contributed by atoms with Crippen LogP contribution in [0.3, 0.4) is 0 Å². The zero-order chi connectivity index (χ0) is 27.5. The average molecular weight is 531 g/mol. The third kappa shape index (κ3) is 8.91. The molecule has 0 bridgehead atoms. The Morgan fingerprint density at radius 1 is 0.949 bits per heavy atom. The van der Waals surface area contributed by atoms with Crippen LogP contribution in [0.2, 0.25) is 0 Å². The van der Waals surface area contributed by atoms with Gasteiger partial charge in [-0.25, -0.2) is 14.8 Å². The quantitative estimate of drug-likeness (QED) is 0.368. The third-order valence-electron chi connectivity index (χ3n) is 6.87. The molecule has 0 spiro atoms. The summed E-state index contributed by atoms with van der Waals surface area (Å²) in [6.07, 6.45) is 6.03. The minimum atomic E-state index is -1.07. The molecule has 3 aromatic rings. The van der Waals surface area contributed by atoms with E-state index in [9.17, 15) is 19.5 Å². The number of carboxylic acid groups (broad SMARTS) is 1. The SMILES string of the molecule is O=C(CC1CCN(C(=O)CCc2ncccn2)CC1)N[C@@H](Cc1ccc(OCc2ccccc2)cc1)C(=O)O. The Labute approximate surface area is 228 Å². The van der Waals surface area contributed by atoms with Crippen LogP contribution >= 0.6 is 0 Å². The zero-order valence-corrected chi connectivity index (χ0v) is 21.9. The first-order chi connectivity index (χ1) is 19.0. The molecule has 2 amide bonds. The van der Waals surface area contributed by atoms with Crippen molar-refractivity contribution in [2.24, 2.45) is 5.92 Å². The van der Waals surface area contributed by atoms with Crippen LogP contribution in [0.4, 0.5) is 0 Å². The molecule has 1 atom stereocenters. The maximum Gasteiger partial charge on any atom is 0.326 e. The van der Waals surface area contributed by atoms with Crippen LogP contribution in [-0.2, 0) is 33.8 Å². The van der Waals surface area contributed by atoms with Gasteiger partial charge in [-0.2, -0.15) is 0 Å². The molecule has 1 aromatic heterocycles. The third-order valence-corrected chi connectivity index (χ3v) is 6.87. The Kier molecular flexibility index (Phi) is 9.99. The molecule has 0 aliphatic carbocycles. The number of aromatic nitrogens is 2. The van der Waals surface area contributed by atoms with Gasteiger partial charge in [0.2, 0.25) is 11.8 Å². The number of aliphatic carboxylic acids is 1. The number of carboxylic acids is 1. The van der Waals surface area contributed by atoms with Gasteiger partial charge < -0.3 is 20.1 Å². The van der Waals surface area contributed by atoms with Gasteiger partial charge in [0.25, 0.3) is 0 Å². The number of benzene rings is 2. The number of rotatable bonds is 12. The van der Waals surface area contributed by atoms with E-state index in [1.165, 1.54) is 0 Å². The first kappa shape index (κ1) is 27.8. The van der Waals surface area contributed by atoms with Crippen molar-refractivity contribution in [1.29, 1.82) is 0 Å². The number of nitrogens with zero attached hydrogens (tertiary/aromatic N) is 3. The summed E-state index contributed by atoms with van der Waals surface area (Å²) in [7, 11) is 0. The summed E-state index contributed by atoms with van der Waals surface area (Å²) in [5, 5.41) is 12.4. The number of amides is 2. The minimum Gasteiger partial charge on any atom is -0.489 e. The molecule has 204 valence electrons. The second kappa shape index (κ2) is 14.0. The maximum absolute atomic E-state index is 12.7. The van der Waals surface area contributed by atoms with Gasteiger partial charge in [0.15, 0.2) is 0 Å². The number of ether oxygens (including phenoxy) is 1. The summed E-state index contributed by atoms with van der Waals surface area (Å²) in [6.45, 7) is 1.63. The summed E-state index contributed by atoms with van der Waals surface area (Å²) in [5.41, 5.74) is 1.85. The number of carbonyl (C=O) groups is 3. The number of hydrogen-bond donors (Lipinski definition) is 2. The van der Waals surface area contributed by atoms with E-state index < -0.39 is 12.0 Å². The number of piperidine rings is 1. The second-order valence-corrected chi connectivity index (χ2v) is 9.77. The summed E-state index contributed by atoms with van der Waals surface area (Å²) in [5.74, 6) is 0.163. The highest BCUT2D eigenvalue weighted by Gasteiger charge is 2.26. The van der Waals surface area contributed by atoms with Crippen LogP contribution in [0.15, 0.2) is 73.1 Å². The van der Waals surface area contributed by atoms with Crippen LogP contribution < -0.4 is 10.1 Å². The van der Waals surface area contributed by atoms with Crippen LogP contribution in [0.25, 0.3) is 0 Å². The number of likely N-dealkylation sites (tertiary alicyclic amines) is 1. The van der Waals surface area contributed by atoms with Crippen molar-refractivity contribution in [2.45, 2.75) is 51.2 Å². The molecule has 1 fully saturated rings. The lowest BCUT2D eigenvalue weighted by Gasteiger charge is -2.32. The Morgan fingerprint density at radius 3 is 2.31 bits per heavy atom. The van der Waals surface area contributed by atoms with E-state index in [0.29, 0.717) is 57.0 Å². The Balaban J connectivity index is 1.18. The Hall–Kier alpha value is -4.27. The molecule has 0 radical (unpaired) electrons. The van der Waals surface area contributed by atoms with E-state index in [4.69, 9.17) is 4.74 Å². The lowest BCUT2D eigenvalue weighted by Crippen LogP contribution is -2.44. The number of hydrogen-bond acceptors (Lipinski definition) is 6. The monoisotopic (exact) mass is 530 g/mol. The van der Waals surface area contributed by atoms with Crippen molar-refractivity contribution in [3.05, 3.63) is 90.0 Å². The summed E-state index contributed by atoms with van der Waals surface area (Å²) >= 11 is 0. The zero-order valence-electron chi connectivity index (χ0n) is 21.9. The van der Waals surface area contributed by atoms with Gasteiger partial charge in [0, 0.05) is 51.2 Å². The fourth-order valence-electron chi connectivity index (χ4n) is 4.64. The standard InChI is InChI=1S/C30H34N4O5/c35-28(20-23-13-17-34(18-14-23)29(36)12-11-27-31-15-4-16-32-27)33-26(30(37)38)19-22-7-9-25(10-8-22)39-21-24-5-2-1-3-6-24/h1-10,15-16,23,26H,11-14,17-21H2,(H,33,35)(H,37,38)/t26-/m0/s1. The van der Waals surface area contributed by atoms with Crippen molar-refractivity contribution < 1.29 is 24.2 Å². The van der Waals surface area contributed by atoms with Gasteiger partial charge in [0.1, 0.15) is 24.2 Å². The van der Waals surface area contributed by atoms with E-state index in [2.05, 4.69) is 15.3 Å². The molecule has 1 aliphatic heterocycles. The van der Waals surface area contributed by atoms with Crippen molar-refractivity contribution in [3.63, 3.8) is 0 Å². The number of nitrogens with one attached hydrogen (secondary N) is 1. The van der Waals surface area contributed by atoms with E-state index >= 15 is 0 Å². The summed E-state index contributed by atoms with van der Waals surface area (Å²) in [4.78, 5) is 47.2. The van der Waals surface area contributed by atoms with Crippen LogP contribution in [0.1, 0.15) is 42.6 Å². The lowest BCUT2D eigenvalue weighted by atomic mass is 9.92. The molecule has 9 heteroatoms. The van der Waals surface area contributed by atoms with Gasteiger partial charge >= 0.3 is 5.97 Å². The van der Waals surface area contributed by atoms with Gasteiger partial charge in [-0.3, -0.25) is 9.59 Å². The van der Waals surface area contributed by atoms with Crippen molar-refractivity contribution in [1.82, 2.24) is 20.2 Å². The predicted molar refractivity (Wildman–Crippen MR) is 145 cm³/mol. The highest BCUT2D eigenvalue weighted by molar-refractivity contribution is 5.84. The molecule has 4 rings (SSSR count). The van der Waals surface area contributed by atoms with Gasteiger partial charge in [-0.15, -0.1) is 0 Å². The smallest absolute Gasteiger partial charge is 0.326 e. The number of aryl methyl sites for hydroxylation is 1. The molecule has 2 heterocycles. The molecule has 1 aliphatic rings. The Bertz CT molecular complexity index is 1210. The Morgan fingerprint density at radius 2 is 1.64 bits per heavy atom. The molecule has 39 heavy (non-hydrogen) atoms. The molecule has 0 saturated carbocycles. The largest absolute Gasteiger partial charge is 0.489 e. The fraction of sp³-hybridized carbons (Fsp3) is 0.367. The molecular weight excluding hydrogens is 496 g/mol. The molecule has 2 aromatic carbocycles. The summed E-state index contributed by atoms with van der Waals surface area (Å²) in [6, 6.07) is 17.8. The maximum atomic E-state index is 12.7. The highest BCUT2D eigenvalue weighted by atomic mass is 16.5. The lowest BCUT2D eigenvalue weighted by molar-refractivity contribution is -0.142. The molecular formula is C30H34N4O5. The van der Waals surface area contributed by atoms with Gasteiger partial charge in [-0.05, 0) is 48.1 Å². The van der Waals surface area contributed by atoms with E-state index in [0.717, 1.165) is 11.1 Å².